The molecule has 104 valence electrons. The molecule has 0 bridgehead atoms. The van der Waals surface area contributed by atoms with E-state index in [1.54, 1.807) is 24.2 Å². The monoisotopic (exact) mass is 272 g/mol. The lowest BCUT2D eigenvalue weighted by atomic mass is 10.2. The Balaban J connectivity index is 2.45. The van der Waals surface area contributed by atoms with Crippen molar-refractivity contribution in [1.29, 1.82) is 0 Å². The molecule has 0 atom stereocenters. The molecule has 0 N–H and O–H groups in total. The summed E-state index contributed by atoms with van der Waals surface area (Å²) in [5.41, 5.74) is 1.20. The molecular formula is C14H16N4O2. The van der Waals surface area contributed by atoms with Crippen molar-refractivity contribution in [1.82, 2.24) is 15.0 Å². The van der Waals surface area contributed by atoms with E-state index >= 15 is 0 Å². The number of anilines is 1. The minimum Gasteiger partial charge on any atom is -0.462 e. The van der Waals surface area contributed by atoms with Gasteiger partial charge >= 0.3 is 5.97 Å². The zero-order chi connectivity index (χ0) is 14.5. The van der Waals surface area contributed by atoms with E-state index in [2.05, 4.69) is 15.0 Å². The molecule has 6 heteroatoms. The Morgan fingerprint density at radius 1 is 1.30 bits per heavy atom. The summed E-state index contributed by atoms with van der Waals surface area (Å²) < 4.78 is 5.01. The van der Waals surface area contributed by atoms with Crippen LogP contribution in [-0.4, -0.2) is 41.6 Å². The van der Waals surface area contributed by atoms with Gasteiger partial charge in [0.05, 0.1) is 6.61 Å². The van der Waals surface area contributed by atoms with Crippen LogP contribution in [0.15, 0.2) is 30.7 Å². The van der Waals surface area contributed by atoms with Crippen LogP contribution in [0, 0.1) is 0 Å². The molecule has 6 nitrogen and oxygen atoms in total. The first-order valence-electron chi connectivity index (χ1n) is 6.25. The van der Waals surface area contributed by atoms with Crippen molar-refractivity contribution in [2.45, 2.75) is 6.92 Å². The van der Waals surface area contributed by atoms with Gasteiger partial charge in [-0.05, 0) is 19.1 Å². The lowest BCUT2D eigenvalue weighted by Crippen LogP contribution is -2.18. The average Bonchev–Trinajstić information content (AvgIpc) is 2.47. The standard InChI is InChI=1S/C14H16N4O2/c1-4-20-14(19)11-9-16-12(17-13(11)18(2)3)10-5-7-15-8-6-10/h5-9H,4H2,1-3H3. The SMILES string of the molecule is CCOC(=O)c1cnc(-c2ccncc2)nc1N(C)C. The Labute approximate surface area is 117 Å². The Morgan fingerprint density at radius 3 is 2.60 bits per heavy atom. The van der Waals surface area contributed by atoms with E-state index in [4.69, 9.17) is 4.74 Å². The lowest BCUT2D eigenvalue weighted by Gasteiger charge is -2.16. The molecule has 2 aromatic heterocycles. The number of ether oxygens (including phenoxy) is 1. The fourth-order valence-electron chi connectivity index (χ4n) is 1.71. The molecule has 0 aromatic carbocycles. The Bertz CT molecular complexity index is 599. The Morgan fingerprint density at radius 2 is 2.00 bits per heavy atom. The average molecular weight is 272 g/mol. The molecule has 0 saturated carbocycles. The second-order valence-corrected chi connectivity index (χ2v) is 4.28. The third kappa shape index (κ3) is 2.90. The maximum Gasteiger partial charge on any atom is 0.343 e. The number of hydrogen-bond donors (Lipinski definition) is 0. The summed E-state index contributed by atoms with van der Waals surface area (Å²) >= 11 is 0. The van der Waals surface area contributed by atoms with Crippen LogP contribution in [0.1, 0.15) is 17.3 Å². The van der Waals surface area contributed by atoms with E-state index in [-0.39, 0.29) is 0 Å². The smallest absolute Gasteiger partial charge is 0.343 e. The highest BCUT2D eigenvalue weighted by Crippen LogP contribution is 2.21. The van der Waals surface area contributed by atoms with Crippen molar-refractivity contribution in [3.8, 4) is 11.4 Å². The third-order valence-electron chi connectivity index (χ3n) is 2.63. The van der Waals surface area contributed by atoms with E-state index in [0.29, 0.717) is 23.8 Å². The van der Waals surface area contributed by atoms with E-state index < -0.39 is 5.97 Å². The first-order valence-corrected chi connectivity index (χ1v) is 6.25. The van der Waals surface area contributed by atoms with Crippen molar-refractivity contribution < 1.29 is 9.53 Å². The van der Waals surface area contributed by atoms with Crippen LogP contribution in [0.2, 0.25) is 0 Å². The molecule has 20 heavy (non-hydrogen) atoms. The minimum atomic E-state index is -0.419. The molecule has 0 radical (unpaired) electrons. The van der Waals surface area contributed by atoms with Gasteiger partial charge in [-0.15, -0.1) is 0 Å². The first-order chi connectivity index (χ1) is 9.63. The van der Waals surface area contributed by atoms with Gasteiger partial charge < -0.3 is 9.64 Å². The molecule has 0 saturated heterocycles. The quantitative estimate of drug-likeness (QED) is 0.790. The number of aromatic nitrogens is 3. The topological polar surface area (TPSA) is 68.2 Å². The maximum absolute atomic E-state index is 11.9. The van der Waals surface area contributed by atoms with Crippen LogP contribution in [0.4, 0.5) is 5.82 Å². The van der Waals surface area contributed by atoms with Gasteiger partial charge in [0, 0.05) is 38.2 Å². The molecule has 0 aliphatic carbocycles. The Hall–Kier alpha value is -2.50. The summed E-state index contributed by atoms with van der Waals surface area (Å²) in [6.45, 7) is 2.08. The summed E-state index contributed by atoms with van der Waals surface area (Å²) in [5, 5.41) is 0. The highest BCUT2D eigenvalue weighted by Gasteiger charge is 2.17. The second-order valence-electron chi connectivity index (χ2n) is 4.28. The normalized spacial score (nSPS) is 10.2. The molecule has 2 rings (SSSR count). The summed E-state index contributed by atoms with van der Waals surface area (Å²) in [4.78, 5) is 26.3. The molecule has 2 aromatic rings. The number of nitrogens with zero attached hydrogens (tertiary/aromatic N) is 4. The van der Waals surface area contributed by atoms with Crippen LogP contribution in [-0.2, 0) is 4.74 Å². The number of hydrogen-bond acceptors (Lipinski definition) is 6. The highest BCUT2D eigenvalue weighted by molar-refractivity contribution is 5.94. The van der Waals surface area contributed by atoms with Crippen LogP contribution >= 0.6 is 0 Å². The first kappa shape index (κ1) is 13.9. The highest BCUT2D eigenvalue weighted by atomic mass is 16.5. The van der Waals surface area contributed by atoms with E-state index in [0.717, 1.165) is 5.56 Å². The van der Waals surface area contributed by atoms with Crippen molar-refractivity contribution in [3.63, 3.8) is 0 Å². The zero-order valence-corrected chi connectivity index (χ0v) is 11.7. The van der Waals surface area contributed by atoms with Gasteiger partial charge in [-0.1, -0.05) is 0 Å². The summed E-state index contributed by atoms with van der Waals surface area (Å²) in [6.07, 6.45) is 4.84. The van der Waals surface area contributed by atoms with Crippen LogP contribution < -0.4 is 4.90 Å². The van der Waals surface area contributed by atoms with Crippen LogP contribution in [0.5, 0.6) is 0 Å². The summed E-state index contributed by atoms with van der Waals surface area (Å²) in [6, 6.07) is 3.64. The number of pyridine rings is 1. The fraction of sp³-hybridized carbons (Fsp3) is 0.286. The largest absolute Gasteiger partial charge is 0.462 e. The minimum absolute atomic E-state index is 0.317. The van der Waals surface area contributed by atoms with Gasteiger partial charge in [-0.2, -0.15) is 0 Å². The molecule has 0 fully saturated rings. The predicted molar refractivity (Wildman–Crippen MR) is 75.5 cm³/mol. The van der Waals surface area contributed by atoms with Crippen molar-refractivity contribution in [2.24, 2.45) is 0 Å². The molecular weight excluding hydrogens is 256 g/mol. The number of carbonyl (C=O) groups excluding carboxylic acids is 1. The van der Waals surface area contributed by atoms with Gasteiger partial charge in [-0.3, -0.25) is 4.98 Å². The van der Waals surface area contributed by atoms with E-state index in [9.17, 15) is 4.79 Å². The number of rotatable bonds is 4. The molecule has 0 spiro atoms. The van der Waals surface area contributed by atoms with E-state index in [1.165, 1.54) is 6.20 Å². The molecule has 0 aliphatic rings. The molecule has 0 aliphatic heterocycles. The van der Waals surface area contributed by atoms with Crippen LogP contribution in [0.25, 0.3) is 11.4 Å². The summed E-state index contributed by atoms with van der Waals surface area (Å²) in [7, 11) is 3.64. The lowest BCUT2D eigenvalue weighted by molar-refractivity contribution is 0.0526. The van der Waals surface area contributed by atoms with Gasteiger partial charge in [0.2, 0.25) is 0 Å². The molecule has 0 amide bonds. The fourth-order valence-corrected chi connectivity index (χ4v) is 1.71. The van der Waals surface area contributed by atoms with E-state index in [1.807, 2.05) is 26.2 Å². The van der Waals surface area contributed by atoms with Crippen molar-refractivity contribution >= 4 is 11.8 Å². The van der Waals surface area contributed by atoms with Crippen molar-refractivity contribution in [2.75, 3.05) is 25.6 Å². The molecule has 2 heterocycles. The van der Waals surface area contributed by atoms with Crippen molar-refractivity contribution in [3.05, 3.63) is 36.3 Å². The van der Waals surface area contributed by atoms with Gasteiger partial charge in [0.15, 0.2) is 5.82 Å². The van der Waals surface area contributed by atoms with Gasteiger partial charge in [0.1, 0.15) is 11.4 Å². The zero-order valence-electron chi connectivity index (χ0n) is 11.7. The third-order valence-corrected chi connectivity index (χ3v) is 2.63. The second kappa shape index (κ2) is 6.10. The van der Waals surface area contributed by atoms with Gasteiger partial charge in [0.25, 0.3) is 0 Å². The maximum atomic E-state index is 11.9. The van der Waals surface area contributed by atoms with Crippen LogP contribution in [0.3, 0.4) is 0 Å². The molecule has 0 unspecified atom stereocenters. The Kier molecular flexibility index (Phi) is 4.24. The summed E-state index contributed by atoms with van der Waals surface area (Å²) in [5.74, 6) is 0.659. The number of esters is 1. The predicted octanol–water partition coefficient (Wildman–Crippen LogP) is 1.78. The van der Waals surface area contributed by atoms with Gasteiger partial charge in [-0.25, -0.2) is 14.8 Å². The number of carbonyl (C=O) groups is 1.